The summed E-state index contributed by atoms with van der Waals surface area (Å²) in [6.45, 7) is 3.02. The number of hydrogen-bond donors (Lipinski definition) is 0. The van der Waals surface area contributed by atoms with Crippen LogP contribution < -0.4 is 0 Å². The lowest BCUT2D eigenvalue weighted by Gasteiger charge is -2.02. The number of thioether (sulfide) groups is 1. The van der Waals surface area contributed by atoms with Crippen molar-refractivity contribution in [3.05, 3.63) is 42.0 Å². The summed E-state index contributed by atoms with van der Waals surface area (Å²) in [5, 5.41) is 8.54. The number of hydrogen-bond acceptors (Lipinski definition) is 4. The van der Waals surface area contributed by atoms with Gasteiger partial charge in [-0.2, -0.15) is 11.8 Å². The van der Waals surface area contributed by atoms with Crippen LogP contribution in [-0.2, 0) is 13.0 Å². The highest BCUT2D eigenvalue weighted by Crippen LogP contribution is 2.13. The van der Waals surface area contributed by atoms with Gasteiger partial charge in [-0.1, -0.05) is 63.5 Å². The zero-order chi connectivity index (χ0) is 19.0. The molecule has 0 aliphatic heterocycles. The molecule has 4 nitrogen and oxygen atoms in total. The second-order valence-electron chi connectivity index (χ2n) is 7.25. The zero-order valence-corrected chi connectivity index (χ0v) is 17.8. The van der Waals surface area contributed by atoms with E-state index in [1.807, 2.05) is 29.2 Å². The average Bonchev–Trinajstić information content (AvgIpc) is 3.13. The molecule has 2 rings (SSSR count). The number of rotatable bonds is 16. The van der Waals surface area contributed by atoms with Gasteiger partial charge in [-0.05, 0) is 48.5 Å². The Bertz CT molecular complexity index is 585. The van der Waals surface area contributed by atoms with E-state index in [0.717, 1.165) is 18.7 Å². The van der Waals surface area contributed by atoms with Crippen LogP contribution in [0.2, 0.25) is 0 Å². The van der Waals surface area contributed by atoms with E-state index in [0.29, 0.717) is 0 Å². The van der Waals surface area contributed by atoms with Gasteiger partial charge in [0.05, 0.1) is 12.2 Å². The molecule has 0 fully saturated rings. The molecule has 0 bridgehead atoms. The highest BCUT2D eigenvalue weighted by molar-refractivity contribution is 7.99. The van der Waals surface area contributed by atoms with Gasteiger partial charge in [0.1, 0.15) is 0 Å². The van der Waals surface area contributed by atoms with E-state index in [-0.39, 0.29) is 0 Å². The van der Waals surface area contributed by atoms with Gasteiger partial charge in [0.15, 0.2) is 0 Å². The van der Waals surface area contributed by atoms with E-state index in [1.165, 1.54) is 81.3 Å². The van der Waals surface area contributed by atoms with Crippen molar-refractivity contribution in [2.45, 2.75) is 84.1 Å². The standard InChI is InChI=1S/C22H36N4S/c1-2-27-18-12-10-8-6-4-3-5-7-9-11-13-22-20-26(25-24-22)19-21-14-16-23-17-15-21/h14-17,20H,2-13,18-19H2,1H3. The number of pyridine rings is 1. The molecular formula is C22H36N4S. The molecule has 0 aromatic carbocycles. The molecule has 0 spiro atoms. The smallest absolute Gasteiger partial charge is 0.0827 e. The molecule has 0 amide bonds. The van der Waals surface area contributed by atoms with E-state index in [9.17, 15) is 0 Å². The summed E-state index contributed by atoms with van der Waals surface area (Å²) in [7, 11) is 0. The van der Waals surface area contributed by atoms with E-state index < -0.39 is 0 Å². The molecule has 5 heteroatoms. The van der Waals surface area contributed by atoms with Crippen molar-refractivity contribution in [3.63, 3.8) is 0 Å². The summed E-state index contributed by atoms with van der Waals surface area (Å²) in [5.41, 5.74) is 2.33. The molecule has 150 valence electrons. The maximum absolute atomic E-state index is 4.30. The Morgan fingerprint density at radius 2 is 1.48 bits per heavy atom. The van der Waals surface area contributed by atoms with Crippen molar-refractivity contribution < 1.29 is 0 Å². The molecule has 0 aliphatic rings. The predicted molar refractivity (Wildman–Crippen MR) is 116 cm³/mol. The van der Waals surface area contributed by atoms with Gasteiger partial charge in [0.2, 0.25) is 0 Å². The van der Waals surface area contributed by atoms with Gasteiger partial charge in [0.25, 0.3) is 0 Å². The fourth-order valence-electron chi connectivity index (χ4n) is 3.27. The molecule has 2 aromatic heterocycles. The minimum atomic E-state index is 0.771. The van der Waals surface area contributed by atoms with E-state index in [4.69, 9.17) is 0 Å². The number of aryl methyl sites for hydroxylation is 1. The first-order valence-corrected chi connectivity index (χ1v) is 11.9. The van der Waals surface area contributed by atoms with E-state index >= 15 is 0 Å². The summed E-state index contributed by atoms with van der Waals surface area (Å²) in [4.78, 5) is 4.05. The largest absolute Gasteiger partial charge is 0.265 e. The second kappa shape index (κ2) is 14.7. The van der Waals surface area contributed by atoms with Crippen LogP contribution in [0, 0.1) is 0 Å². The molecule has 0 saturated heterocycles. The van der Waals surface area contributed by atoms with Crippen molar-refractivity contribution in [1.29, 1.82) is 0 Å². The average molecular weight is 389 g/mol. The van der Waals surface area contributed by atoms with Crippen LogP contribution in [-0.4, -0.2) is 31.5 Å². The topological polar surface area (TPSA) is 43.6 Å². The monoisotopic (exact) mass is 388 g/mol. The summed E-state index contributed by atoms with van der Waals surface area (Å²) in [5.74, 6) is 2.62. The molecule has 0 N–H and O–H groups in total. The molecule has 2 heterocycles. The highest BCUT2D eigenvalue weighted by Gasteiger charge is 2.02. The third-order valence-electron chi connectivity index (χ3n) is 4.86. The van der Waals surface area contributed by atoms with Crippen molar-refractivity contribution in [3.8, 4) is 0 Å². The van der Waals surface area contributed by atoms with Crippen molar-refractivity contribution in [2.24, 2.45) is 0 Å². The molecule has 27 heavy (non-hydrogen) atoms. The number of unbranched alkanes of at least 4 members (excludes halogenated alkanes) is 9. The fraction of sp³-hybridized carbons (Fsp3) is 0.682. The zero-order valence-electron chi connectivity index (χ0n) is 17.0. The molecule has 0 atom stereocenters. The van der Waals surface area contributed by atoms with E-state index in [1.54, 1.807) is 0 Å². The maximum Gasteiger partial charge on any atom is 0.0827 e. The Morgan fingerprint density at radius 3 is 2.15 bits per heavy atom. The van der Waals surface area contributed by atoms with E-state index in [2.05, 4.69) is 40.2 Å². The lowest BCUT2D eigenvalue weighted by Crippen LogP contribution is -2.00. The SMILES string of the molecule is CCSCCCCCCCCCCCCc1cn(Cc2ccncc2)nn1. The lowest BCUT2D eigenvalue weighted by molar-refractivity contribution is 0.556. The lowest BCUT2D eigenvalue weighted by atomic mass is 10.1. The van der Waals surface area contributed by atoms with Crippen LogP contribution in [0.15, 0.2) is 30.7 Å². The molecule has 0 aliphatic carbocycles. The maximum atomic E-state index is 4.30. The van der Waals surface area contributed by atoms with Crippen molar-refractivity contribution in [2.75, 3.05) is 11.5 Å². The summed E-state index contributed by atoms with van der Waals surface area (Å²) in [6.07, 6.45) is 20.6. The first kappa shape index (κ1) is 21.9. The fourth-order valence-corrected chi connectivity index (χ4v) is 3.97. The molecule has 2 aromatic rings. The molecule has 0 saturated carbocycles. The molecular weight excluding hydrogens is 352 g/mol. The van der Waals surface area contributed by atoms with Crippen LogP contribution >= 0.6 is 11.8 Å². The normalized spacial score (nSPS) is 11.1. The second-order valence-corrected chi connectivity index (χ2v) is 8.64. The van der Waals surface area contributed by atoms with Crippen molar-refractivity contribution in [1.82, 2.24) is 20.0 Å². The third-order valence-corrected chi connectivity index (χ3v) is 5.84. The quantitative estimate of drug-likeness (QED) is 0.335. The van der Waals surface area contributed by atoms with Gasteiger partial charge in [-0.25, -0.2) is 4.68 Å². The van der Waals surface area contributed by atoms with Gasteiger partial charge >= 0.3 is 0 Å². The minimum absolute atomic E-state index is 0.771. The number of nitrogens with zero attached hydrogens (tertiary/aromatic N) is 4. The van der Waals surface area contributed by atoms with Gasteiger partial charge in [-0.3, -0.25) is 4.98 Å². The minimum Gasteiger partial charge on any atom is -0.265 e. The summed E-state index contributed by atoms with van der Waals surface area (Å²) in [6, 6.07) is 4.04. The molecule has 0 radical (unpaired) electrons. The first-order valence-electron chi connectivity index (χ1n) is 10.7. The van der Waals surface area contributed by atoms with Crippen LogP contribution in [0.5, 0.6) is 0 Å². The van der Waals surface area contributed by atoms with Crippen LogP contribution in [0.4, 0.5) is 0 Å². The summed E-state index contributed by atoms with van der Waals surface area (Å²) < 4.78 is 1.92. The van der Waals surface area contributed by atoms with Gasteiger partial charge in [0, 0.05) is 18.6 Å². The van der Waals surface area contributed by atoms with Gasteiger partial charge < -0.3 is 0 Å². The predicted octanol–water partition coefficient (Wildman–Crippen LogP) is 5.92. The highest BCUT2D eigenvalue weighted by atomic mass is 32.2. The van der Waals surface area contributed by atoms with Crippen LogP contribution in [0.1, 0.15) is 82.4 Å². The Balaban J connectivity index is 1.41. The Hall–Kier alpha value is -1.36. The Kier molecular flexibility index (Phi) is 11.9. The van der Waals surface area contributed by atoms with Crippen LogP contribution in [0.3, 0.4) is 0 Å². The summed E-state index contributed by atoms with van der Waals surface area (Å²) >= 11 is 2.08. The Labute approximate surface area is 169 Å². The Morgan fingerprint density at radius 1 is 0.852 bits per heavy atom. The third kappa shape index (κ3) is 10.5. The van der Waals surface area contributed by atoms with Crippen molar-refractivity contribution >= 4 is 11.8 Å². The molecule has 0 unspecified atom stereocenters. The van der Waals surface area contributed by atoms with Gasteiger partial charge in [-0.15, -0.1) is 5.10 Å². The van der Waals surface area contributed by atoms with Crippen LogP contribution in [0.25, 0.3) is 0 Å². The number of aromatic nitrogens is 4. The first-order chi connectivity index (χ1) is 13.4.